The molecule has 0 rings (SSSR count). The van der Waals surface area contributed by atoms with Gasteiger partial charge >= 0.3 is 0 Å². The second kappa shape index (κ2) is 29.1. The summed E-state index contributed by atoms with van der Waals surface area (Å²) in [5, 5.41) is 8.06. The largest absolute Gasteiger partial charge is 0.394 e. The van der Waals surface area contributed by atoms with Crippen LogP contribution in [0.5, 0.6) is 0 Å². The van der Waals surface area contributed by atoms with Gasteiger partial charge in [0.15, 0.2) is 0 Å². The van der Waals surface area contributed by atoms with E-state index in [0.29, 0.717) is 0 Å². The first-order valence-corrected chi connectivity index (χ1v) is 1.41. The molecule has 0 aromatic carbocycles. The van der Waals surface area contributed by atoms with Crippen LogP contribution in [0.3, 0.4) is 0 Å². The lowest BCUT2D eigenvalue weighted by Gasteiger charge is -1.80. The summed E-state index contributed by atoms with van der Waals surface area (Å²) >= 11 is 0. The molecule has 1 N–H and O–H groups in total. The predicted octanol–water partition coefficient (Wildman–Crippen LogP) is 0.464. The van der Waals surface area contributed by atoms with Crippen LogP contribution in [-0.4, -0.2) is 19.6 Å². The van der Waals surface area contributed by atoms with Gasteiger partial charge in [-0.25, -0.2) is 0 Å². The smallest absolute Gasteiger partial charge is 0.0483 e. The van der Waals surface area contributed by atoms with Crippen molar-refractivity contribution in [2.45, 2.75) is 20.0 Å². The standard InChI is InChI=1S/C3H8O.B.3FH/c1-3(2)4;;;;/h3-4H,1-2H3;;3*1H. The average Bonchev–Trinajstić information content (AvgIpc) is 0.811. The van der Waals surface area contributed by atoms with Gasteiger partial charge in [0.2, 0.25) is 0 Å². The summed E-state index contributed by atoms with van der Waals surface area (Å²) in [4.78, 5) is 0. The van der Waals surface area contributed by atoms with E-state index in [-0.39, 0.29) is 28.6 Å². The van der Waals surface area contributed by atoms with Gasteiger partial charge in [-0.15, -0.1) is 0 Å². The number of hydrogen-bond acceptors (Lipinski definition) is 1. The molecule has 1 nitrogen and oxygen atoms in total. The predicted molar refractivity (Wildman–Crippen MR) is 30.6 cm³/mol. The van der Waals surface area contributed by atoms with Gasteiger partial charge < -0.3 is 5.11 Å². The molecule has 0 aromatic rings. The zero-order valence-electron chi connectivity index (χ0n) is 4.83. The van der Waals surface area contributed by atoms with E-state index in [9.17, 15) is 0 Å². The van der Waals surface area contributed by atoms with Crippen LogP contribution in [0.15, 0.2) is 0 Å². The molecule has 0 atom stereocenters. The third kappa shape index (κ3) is 3940. The maximum absolute atomic E-state index is 8.06. The van der Waals surface area contributed by atoms with Gasteiger partial charge in [-0.2, -0.15) is 0 Å². The summed E-state index contributed by atoms with van der Waals surface area (Å²) in [7, 11) is 0. The van der Waals surface area contributed by atoms with Crippen molar-refractivity contribution in [2.75, 3.05) is 0 Å². The lowest BCUT2D eigenvalue weighted by atomic mass is 10.5. The van der Waals surface area contributed by atoms with Crippen LogP contribution in [-0.2, 0) is 0 Å². The van der Waals surface area contributed by atoms with Crippen molar-refractivity contribution in [3.05, 3.63) is 0 Å². The third-order valence-corrected chi connectivity index (χ3v) is 0. The van der Waals surface area contributed by atoms with E-state index >= 15 is 0 Å². The molecule has 8 heavy (non-hydrogen) atoms. The monoisotopic (exact) mass is 131 g/mol. The Labute approximate surface area is 48.8 Å². The lowest BCUT2D eigenvalue weighted by molar-refractivity contribution is 0.216. The maximum Gasteiger partial charge on any atom is 0.0483 e. The number of hydrogen-bond donors (Lipinski definition) is 1. The number of rotatable bonds is 0. The Balaban J connectivity index is -0.00000000750. The Hall–Kier alpha value is -0.185. The highest BCUT2D eigenvalue weighted by Crippen LogP contribution is 1.65. The highest BCUT2D eigenvalue weighted by molar-refractivity contribution is 5.75. The molecule has 53 valence electrons. The first-order chi connectivity index (χ1) is 1.73. The molecule has 0 saturated carbocycles. The molecular formula is C3H11BF3O. The van der Waals surface area contributed by atoms with E-state index in [0.717, 1.165) is 0 Å². The van der Waals surface area contributed by atoms with Crippen molar-refractivity contribution in [2.24, 2.45) is 0 Å². The zero-order chi connectivity index (χ0) is 3.58. The van der Waals surface area contributed by atoms with Crippen molar-refractivity contribution in [3.63, 3.8) is 0 Å². The Morgan fingerprint density at radius 3 is 1.00 bits per heavy atom. The first kappa shape index (κ1) is 45.8. The lowest BCUT2D eigenvalue weighted by Crippen LogP contribution is -1.85. The highest BCUT2D eigenvalue weighted by atomic mass is 19.0. The van der Waals surface area contributed by atoms with Crippen molar-refractivity contribution >= 4 is 8.41 Å². The Morgan fingerprint density at radius 1 is 1.00 bits per heavy atom. The Bertz CT molecular complexity index is 19.2. The molecule has 0 aliphatic carbocycles. The van der Waals surface area contributed by atoms with Crippen LogP contribution >= 0.6 is 0 Å². The molecule has 0 aromatic heterocycles. The summed E-state index contributed by atoms with van der Waals surface area (Å²) in [5.41, 5.74) is 0. The van der Waals surface area contributed by atoms with E-state index in [4.69, 9.17) is 5.11 Å². The van der Waals surface area contributed by atoms with Crippen molar-refractivity contribution in [3.8, 4) is 0 Å². The Kier molecular flexibility index (Phi) is 167. The zero-order valence-corrected chi connectivity index (χ0v) is 4.83. The molecule has 0 saturated heterocycles. The fourth-order valence-electron chi connectivity index (χ4n) is 0. The van der Waals surface area contributed by atoms with E-state index in [1.807, 2.05) is 0 Å². The van der Waals surface area contributed by atoms with Crippen molar-refractivity contribution in [1.29, 1.82) is 0 Å². The van der Waals surface area contributed by atoms with Gasteiger partial charge in [-0.3, -0.25) is 14.1 Å². The minimum atomic E-state index is -0.167. The van der Waals surface area contributed by atoms with Gasteiger partial charge in [0, 0.05) is 14.5 Å². The molecule has 0 unspecified atom stereocenters. The van der Waals surface area contributed by atoms with Crippen LogP contribution in [0.1, 0.15) is 13.8 Å². The van der Waals surface area contributed by atoms with Crippen LogP contribution in [0.2, 0.25) is 0 Å². The second-order valence-corrected chi connectivity index (χ2v) is 1.09. The first-order valence-electron chi connectivity index (χ1n) is 1.41. The minimum Gasteiger partial charge on any atom is -0.394 e. The van der Waals surface area contributed by atoms with Gasteiger partial charge in [0.25, 0.3) is 0 Å². The topological polar surface area (TPSA) is 20.2 Å². The highest BCUT2D eigenvalue weighted by Gasteiger charge is 1.69. The third-order valence-electron chi connectivity index (χ3n) is 0. The van der Waals surface area contributed by atoms with Gasteiger partial charge in [0.1, 0.15) is 0 Å². The van der Waals surface area contributed by atoms with E-state index < -0.39 is 0 Å². The van der Waals surface area contributed by atoms with E-state index in [1.165, 1.54) is 0 Å². The molecule has 0 amide bonds. The number of aliphatic hydroxyl groups is 1. The average molecular weight is 131 g/mol. The number of aliphatic hydroxyl groups excluding tert-OH is 1. The minimum absolute atomic E-state index is 0. The van der Waals surface area contributed by atoms with E-state index in [2.05, 4.69) is 0 Å². The van der Waals surface area contributed by atoms with E-state index in [1.54, 1.807) is 13.8 Å². The summed E-state index contributed by atoms with van der Waals surface area (Å²) < 4.78 is 0. The molecule has 0 bridgehead atoms. The summed E-state index contributed by atoms with van der Waals surface area (Å²) in [6, 6.07) is 0. The molecule has 5 heteroatoms. The fourth-order valence-corrected chi connectivity index (χ4v) is 0. The molecule has 0 aliphatic rings. The van der Waals surface area contributed by atoms with Crippen LogP contribution in [0.4, 0.5) is 14.1 Å². The van der Waals surface area contributed by atoms with Crippen molar-refractivity contribution in [1.82, 2.24) is 0 Å². The molecule has 0 heterocycles. The second-order valence-electron chi connectivity index (χ2n) is 1.09. The van der Waals surface area contributed by atoms with Gasteiger partial charge in [-0.1, -0.05) is 0 Å². The molecular weight excluding hydrogens is 120 g/mol. The molecule has 3 radical (unpaired) electrons. The van der Waals surface area contributed by atoms with Crippen LogP contribution < -0.4 is 0 Å². The van der Waals surface area contributed by atoms with Crippen LogP contribution in [0.25, 0.3) is 0 Å². The summed E-state index contributed by atoms with van der Waals surface area (Å²) in [6.45, 7) is 3.44. The van der Waals surface area contributed by atoms with Crippen LogP contribution in [0, 0.1) is 0 Å². The molecule has 0 aliphatic heterocycles. The van der Waals surface area contributed by atoms with Crippen molar-refractivity contribution < 1.29 is 19.2 Å². The molecule has 0 fully saturated rings. The SMILES string of the molecule is CC(C)O.F.F.F.[B]. The molecule has 0 spiro atoms. The van der Waals surface area contributed by atoms with Gasteiger partial charge in [-0.05, 0) is 13.8 Å². The Morgan fingerprint density at radius 2 is 1.00 bits per heavy atom. The maximum atomic E-state index is 8.06. The summed E-state index contributed by atoms with van der Waals surface area (Å²) in [5.74, 6) is 0. The number of halogens is 3. The van der Waals surface area contributed by atoms with Gasteiger partial charge in [0.05, 0.1) is 0 Å². The normalized spacial score (nSPS) is 4.50. The quantitative estimate of drug-likeness (QED) is 0.473. The summed E-state index contributed by atoms with van der Waals surface area (Å²) in [6.07, 6.45) is -0.167. The fraction of sp³-hybridized carbons (Fsp3) is 1.00.